The van der Waals surface area contributed by atoms with E-state index in [9.17, 15) is 0 Å². The number of hydrogen-bond acceptors (Lipinski definition) is 3. The van der Waals surface area contributed by atoms with Crippen molar-refractivity contribution in [2.24, 2.45) is 0 Å². The van der Waals surface area contributed by atoms with Crippen molar-refractivity contribution in [2.75, 3.05) is 0 Å². The van der Waals surface area contributed by atoms with Gasteiger partial charge in [-0.25, -0.2) is 4.98 Å². The van der Waals surface area contributed by atoms with Crippen LogP contribution < -0.4 is 4.74 Å². The predicted octanol–water partition coefficient (Wildman–Crippen LogP) is 11.7. The minimum atomic E-state index is 0. The van der Waals surface area contributed by atoms with Gasteiger partial charge in [-0.3, -0.25) is 4.68 Å². The second-order valence-electron chi connectivity index (χ2n) is 14.0. The summed E-state index contributed by atoms with van der Waals surface area (Å²) in [6.45, 7) is 17.6. The Morgan fingerprint density at radius 1 is 0.784 bits per heavy atom. The molecular weight excluding hydrogens is 719 g/mol. The van der Waals surface area contributed by atoms with E-state index in [2.05, 4.69) is 137 Å². The number of aromatic nitrogens is 4. The zero-order valence-electron chi connectivity index (χ0n) is 30.9. The van der Waals surface area contributed by atoms with E-state index in [1.807, 2.05) is 18.3 Å². The van der Waals surface area contributed by atoms with E-state index in [1.54, 1.807) is 0 Å². The average Bonchev–Trinajstić information content (AvgIpc) is 3.62. The summed E-state index contributed by atoms with van der Waals surface area (Å²) in [7, 11) is 0. The van der Waals surface area contributed by atoms with Gasteiger partial charge in [0.05, 0.1) is 5.69 Å². The number of nitrogens with zero attached hydrogens (tertiary/aromatic N) is 4. The van der Waals surface area contributed by atoms with Crippen LogP contribution >= 0.6 is 0 Å². The molecule has 0 saturated carbocycles. The van der Waals surface area contributed by atoms with E-state index in [0.29, 0.717) is 11.5 Å². The first kappa shape index (κ1) is 36.3. The first-order valence-electron chi connectivity index (χ1n) is 18.0. The number of aryl methyl sites for hydroxylation is 5. The minimum Gasteiger partial charge on any atom is -0.509 e. The maximum absolute atomic E-state index is 6.68. The molecule has 0 aliphatic rings. The molecule has 0 saturated heterocycles. The maximum atomic E-state index is 6.68. The molecule has 0 aliphatic heterocycles. The first-order chi connectivity index (χ1) is 24.2. The molecule has 51 heavy (non-hydrogen) atoms. The van der Waals surface area contributed by atoms with Gasteiger partial charge >= 0.3 is 20.4 Å². The number of ether oxygens (including phenoxy) is 1. The SMILES string of the molecule is CCCCc1c(-c2c(C)cc(C)cc2C)c(CC)nn1-c1[c-]c(Oc2[c-]c3c(cc2)c2ccccc2n3-c2cc(C)ccn2)cc(C(C)C)c1.[Pd+2]. The molecule has 0 unspecified atom stereocenters. The van der Waals surface area contributed by atoms with E-state index in [1.165, 1.54) is 39.1 Å². The number of pyridine rings is 1. The van der Waals surface area contributed by atoms with E-state index in [4.69, 9.17) is 14.8 Å². The van der Waals surface area contributed by atoms with E-state index in [0.717, 1.165) is 70.3 Å². The number of rotatable bonds is 10. The Balaban J connectivity index is 0.00000448. The monoisotopic (exact) mass is 764 g/mol. The molecule has 0 amide bonds. The third kappa shape index (κ3) is 6.93. The van der Waals surface area contributed by atoms with Gasteiger partial charge in [0.1, 0.15) is 5.82 Å². The van der Waals surface area contributed by atoms with E-state index in [-0.39, 0.29) is 26.3 Å². The number of para-hydroxylation sites is 1. The number of hydrogen-bond donors (Lipinski definition) is 0. The van der Waals surface area contributed by atoms with Gasteiger partial charge in [-0.1, -0.05) is 75.5 Å². The van der Waals surface area contributed by atoms with Crippen molar-refractivity contribution in [3.05, 3.63) is 130 Å². The summed E-state index contributed by atoms with van der Waals surface area (Å²) in [4.78, 5) is 4.74. The molecular formula is C45H46N4OPd. The molecule has 5 nitrogen and oxygen atoms in total. The third-order valence-electron chi connectivity index (χ3n) is 9.74. The van der Waals surface area contributed by atoms with Crippen LogP contribution in [0, 0.1) is 39.8 Å². The zero-order chi connectivity index (χ0) is 35.1. The van der Waals surface area contributed by atoms with Gasteiger partial charge in [0.15, 0.2) is 0 Å². The zero-order valence-corrected chi connectivity index (χ0v) is 32.5. The molecule has 3 heterocycles. The molecule has 6 heteroatoms. The van der Waals surface area contributed by atoms with Crippen LogP contribution in [0.2, 0.25) is 0 Å². The molecule has 4 aromatic carbocycles. The standard InChI is InChI=1S/C45H46N4O.Pd/c1-9-11-15-41-45(44-31(7)21-30(6)22-32(44)8)39(10-2)47-49(41)34-24-33(28(3)4)25-36(26-34)50-35-17-18-38-37-14-12-13-16-40(37)48(42(38)27-35)43-23-29(5)19-20-46-43;/h12-14,16-25,28H,9-11,15H2,1-8H3;/q-2;+2. The fraction of sp³-hybridized carbons (Fsp3) is 0.289. The fourth-order valence-corrected chi connectivity index (χ4v) is 7.37. The molecule has 0 spiro atoms. The van der Waals surface area contributed by atoms with Gasteiger partial charge in [0, 0.05) is 34.5 Å². The summed E-state index contributed by atoms with van der Waals surface area (Å²) in [6.07, 6.45) is 5.83. The third-order valence-corrected chi connectivity index (χ3v) is 9.74. The molecule has 7 aromatic rings. The van der Waals surface area contributed by atoms with Crippen LogP contribution in [-0.2, 0) is 33.3 Å². The van der Waals surface area contributed by atoms with Crippen LogP contribution in [0.1, 0.15) is 85.7 Å². The Labute approximate surface area is 316 Å². The van der Waals surface area contributed by atoms with Crippen LogP contribution in [0.3, 0.4) is 0 Å². The van der Waals surface area contributed by atoms with Crippen molar-refractivity contribution in [1.29, 1.82) is 0 Å². The Kier molecular flexibility index (Phi) is 10.7. The summed E-state index contributed by atoms with van der Waals surface area (Å²) < 4.78 is 11.0. The predicted molar refractivity (Wildman–Crippen MR) is 206 cm³/mol. The van der Waals surface area contributed by atoms with Crippen LogP contribution in [0.25, 0.3) is 44.4 Å². The molecule has 7 rings (SSSR count). The van der Waals surface area contributed by atoms with Gasteiger partial charge < -0.3 is 9.30 Å². The molecule has 0 aliphatic carbocycles. The van der Waals surface area contributed by atoms with E-state index >= 15 is 0 Å². The van der Waals surface area contributed by atoms with Gasteiger partial charge in [-0.05, 0) is 104 Å². The fourth-order valence-electron chi connectivity index (χ4n) is 7.37. The largest absolute Gasteiger partial charge is 2.00 e. The van der Waals surface area contributed by atoms with E-state index < -0.39 is 0 Å². The molecule has 0 N–H and O–H groups in total. The quantitative estimate of drug-likeness (QED) is 0.103. The second-order valence-corrected chi connectivity index (χ2v) is 14.0. The summed E-state index contributed by atoms with van der Waals surface area (Å²) >= 11 is 0. The van der Waals surface area contributed by atoms with Gasteiger partial charge in [-0.2, -0.15) is 11.2 Å². The molecule has 0 bridgehead atoms. The van der Waals surface area contributed by atoms with Crippen LogP contribution in [0.4, 0.5) is 0 Å². The molecule has 0 radical (unpaired) electrons. The Morgan fingerprint density at radius 2 is 1.55 bits per heavy atom. The molecule has 3 aromatic heterocycles. The van der Waals surface area contributed by atoms with Crippen molar-refractivity contribution in [3.8, 4) is 34.1 Å². The van der Waals surface area contributed by atoms with Gasteiger partial charge in [0.2, 0.25) is 0 Å². The van der Waals surface area contributed by atoms with Crippen LogP contribution in [0.15, 0.2) is 79.0 Å². The molecule has 0 fully saturated rings. The first-order valence-corrected chi connectivity index (χ1v) is 18.0. The van der Waals surface area contributed by atoms with Crippen molar-refractivity contribution < 1.29 is 25.2 Å². The van der Waals surface area contributed by atoms with Crippen LogP contribution in [0.5, 0.6) is 11.5 Å². The Morgan fingerprint density at radius 3 is 2.25 bits per heavy atom. The van der Waals surface area contributed by atoms with Crippen LogP contribution in [-0.4, -0.2) is 19.3 Å². The van der Waals surface area contributed by atoms with Crippen molar-refractivity contribution in [2.45, 2.75) is 87.0 Å². The summed E-state index contributed by atoms with van der Waals surface area (Å²) in [5.74, 6) is 2.43. The van der Waals surface area contributed by atoms with Crippen molar-refractivity contribution in [3.63, 3.8) is 0 Å². The maximum Gasteiger partial charge on any atom is 2.00 e. The summed E-state index contributed by atoms with van der Waals surface area (Å²) in [5, 5.41) is 7.57. The average molecular weight is 765 g/mol. The summed E-state index contributed by atoms with van der Waals surface area (Å²) in [5.41, 5.74) is 14.1. The number of benzene rings is 4. The van der Waals surface area contributed by atoms with Gasteiger partial charge in [-0.15, -0.1) is 41.3 Å². The number of unbranched alkanes of at least 4 members (excludes halogenated alkanes) is 1. The normalized spacial score (nSPS) is 11.5. The Bertz CT molecular complexity index is 2340. The topological polar surface area (TPSA) is 44.9 Å². The number of fused-ring (bicyclic) bond motifs is 3. The Hall–Kier alpha value is -4.50. The smallest absolute Gasteiger partial charge is 0.509 e. The molecule has 0 atom stereocenters. The van der Waals surface area contributed by atoms with Gasteiger partial charge in [0.25, 0.3) is 0 Å². The van der Waals surface area contributed by atoms with Crippen molar-refractivity contribution in [1.82, 2.24) is 19.3 Å². The summed E-state index contributed by atoms with van der Waals surface area (Å²) in [6, 6.07) is 32.9. The van der Waals surface area contributed by atoms with Crippen molar-refractivity contribution >= 4 is 21.8 Å². The molecule has 262 valence electrons. The minimum absolute atomic E-state index is 0. The second kappa shape index (κ2) is 15.0.